The van der Waals surface area contributed by atoms with Crippen LogP contribution in [0.25, 0.3) is 0 Å². The quantitative estimate of drug-likeness (QED) is 0.472. The van der Waals surface area contributed by atoms with Crippen LogP contribution in [0.2, 0.25) is 5.02 Å². The lowest BCUT2D eigenvalue weighted by molar-refractivity contribution is -0.195. The zero-order valence-electron chi connectivity index (χ0n) is 13.1. The minimum Gasteiger partial charge on any atom is -0.285 e. The third kappa shape index (κ3) is 3.05. The van der Waals surface area contributed by atoms with Gasteiger partial charge in [-0.2, -0.15) is 5.90 Å². The lowest BCUT2D eigenvalue weighted by atomic mass is 9.82. The fraction of sp³-hybridized carbons (Fsp3) is 0.562. The molecule has 3 N–H and O–H groups in total. The standard InChI is InChI=1S/C16H20ClN3O3S/c17-14-4-3-11(6-15(14)24-23-22-18)16(21)19-20-7-12-9-1-2-10(5-9)13(12)8-20/h3-4,6,9-10,12-13H,1-2,5,7-8,18H2,(H,19,21). The smallest absolute Gasteiger partial charge is 0.265 e. The Labute approximate surface area is 150 Å². The van der Waals surface area contributed by atoms with Crippen LogP contribution in [0, 0.1) is 23.7 Å². The third-order valence-electron chi connectivity index (χ3n) is 5.75. The number of hydrazine groups is 1. The van der Waals surface area contributed by atoms with Crippen molar-refractivity contribution >= 4 is 29.6 Å². The number of carbonyl (C=O) groups is 1. The predicted octanol–water partition coefficient (Wildman–Crippen LogP) is 2.79. The number of hydrogen-bond donors (Lipinski definition) is 2. The monoisotopic (exact) mass is 369 g/mol. The van der Waals surface area contributed by atoms with Crippen molar-refractivity contribution in [1.29, 1.82) is 0 Å². The summed E-state index contributed by atoms with van der Waals surface area (Å²) in [7, 11) is 0. The second-order valence-corrected chi connectivity index (χ2v) is 8.05. The van der Waals surface area contributed by atoms with Crippen molar-refractivity contribution in [2.24, 2.45) is 29.6 Å². The van der Waals surface area contributed by atoms with Crippen LogP contribution in [0.3, 0.4) is 0 Å². The highest BCUT2D eigenvalue weighted by Gasteiger charge is 2.51. The fourth-order valence-electron chi connectivity index (χ4n) is 4.75. The molecular weight excluding hydrogens is 350 g/mol. The molecule has 1 saturated heterocycles. The van der Waals surface area contributed by atoms with Gasteiger partial charge in [0.15, 0.2) is 0 Å². The van der Waals surface area contributed by atoms with Crippen molar-refractivity contribution in [3.63, 3.8) is 0 Å². The average Bonchev–Trinajstić information content (AvgIpc) is 3.26. The molecule has 3 aliphatic rings. The molecule has 1 aromatic rings. The number of halogens is 1. The number of nitrogens with zero attached hydrogens (tertiary/aromatic N) is 1. The summed E-state index contributed by atoms with van der Waals surface area (Å²) in [6.07, 6.45) is 4.14. The van der Waals surface area contributed by atoms with E-state index >= 15 is 0 Å². The number of rotatable bonds is 5. The maximum atomic E-state index is 12.5. The topological polar surface area (TPSA) is 76.8 Å². The van der Waals surface area contributed by atoms with Gasteiger partial charge in [0.25, 0.3) is 5.91 Å². The summed E-state index contributed by atoms with van der Waals surface area (Å²) in [5, 5.41) is 2.56. The van der Waals surface area contributed by atoms with Crippen molar-refractivity contribution in [2.45, 2.75) is 24.2 Å². The molecule has 1 aliphatic heterocycles. The molecular formula is C16H20ClN3O3S. The van der Waals surface area contributed by atoms with Crippen LogP contribution >= 0.6 is 23.6 Å². The molecule has 4 rings (SSSR count). The number of nitrogens with one attached hydrogen (secondary N) is 1. The first-order valence-electron chi connectivity index (χ1n) is 8.21. The van der Waals surface area contributed by atoms with Crippen molar-refractivity contribution in [1.82, 2.24) is 10.4 Å². The Balaban J connectivity index is 1.40. The summed E-state index contributed by atoms with van der Waals surface area (Å²) in [5.41, 5.74) is 3.57. The molecule has 2 bridgehead atoms. The molecule has 1 aromatic carbocycles. The molecule has 2 aliphatic carbocycles. The first kappa shape index (κ1) is 16.6. The number of hydrogen-bond acceptors (Lipinski definition) is 6. The normalized spacial score (nSPS) is 31.4. The zero-order chi connectivity index (χ0) is 16.7. The van der Waals surface area contributed by atoms with E-state index in [4.69, 9.17) is 17.5 Å². The molecule has 6 nitrogen and oxygen atoms in total. The highest BCUT2D eigenvalue weighted by molar-refractivity contribution is 7.94. The Morgan fingerprint density at radius 3 is 2.67 bits per heavy atom. The van der Waals surface area contributed by atoms with Gasteiger partial charge >= 0.3 is 0 Å². The highest BCUT2D eigenvalue weighted by atomic mass is 35.5. The van der Waals surface area contributed by atoms with Crippen molar-refractivity contribution in [3.05, 3.63) is 28.8 Å². The molecule has 2 saturated carbocycles. The summed E-state index contributed by atoms with van der Waals surface area (Å²) in [6.45, 7) is 1.94. The van der Waals surface area contributed by atoms with E-state index in [1.54, 1.807) is 18.2 Å². The molecule has 4 atom stereocenters. The van der Waals surface area contributed by atoms with Crippen LogP contribution < -0.4 is 11.3 Å². The van der Waals surface area contributed by atoms with Gasteiger partial charge in [0.1, 0.15) is 0 Å². The average molecular weight is 370 g/mol. The van der Waals surface area contributed by atoms with E-state index < -0.39 is 0 Å². The first-order chi connectivity index (χ1) is 11.7. The van der Waals surface area contributed by atoms with Crippen molar-refractivity contribution < 1.29 is 14.1 Å². The van der Waals surface area contributed by atoms with Gasteiger partial charge in [-0.15, -0.1) is 9.32 Å². The summed E-state index contributed by atoms with van der Waals surface area (Å²) in [5.74, 6) is 7.96. The maximum Gasteiger partial charge on any atom is 0.265 e. The molecule has 1 heterocycles. The number of fused-ring (bicyclic) bond motifs is 5. The Morgan fingerprint density at radius 1 is 1.29 bits per heavy atom. The largest absolute Gasteiger partial charge is 0.285 e. The van der Waals surface area contributed by atoms with Gasteiger partial charge in [-0.3, -0.25) is 10.2 Å². The second-order valence-electron chi connectivity index (χ2n) is 6.90. The van der Waals surface area contributed by atoms with Gasteiger partial charge < -0.3 is 0 Å². The van der Waals surface area contributed by atoms with Crippen molar-refractivity contribution in [3.8, 4) is 0 Å². The van der Waals surface area contributed by atoms with Gasteiger partial charge in [0.05, 0.1) is 22.0 Å². The Bertz CT molecular complexity index is 629. The molecule has 1 amide bonds. The summed E-state index contributed by atoms with van der Waals surface area (Å²) in [6, 6.07) is 5.03. The van der Waals surface area contributed by atoms with E-state index in [-0.39, 0.29) is 5.91 Å². The molecule has 8 heteroatoms. The van der Waals surface area contributed by atoms with E-state index in [1.807, 2.05) is 0 Å². The molecule has 0 radical (unpaired) electrons. The minimum absolute atomic E-state index is 0.130. The van der Waals surface area contributed by atoms with Crippen molar-refractivity contribution in [2.75, 3.05) is 13.1 Å². The minimum atomic E-state index is -0.130. The summed E-state index contributed by atoms with van der Waals surface area (Å²) in [4.78, 5) is 17.2. The predicted molar refractivity (Wildman–Crippen MR) is 90.5 cm³/mol. The van der Waals surface area contributed by atoms with Crippen LogP contribution in [0.15, 0.2) is 23.1 Å². The lowest BCUT2D eigenvalue weighted by Gasteiger charge is -2.22. The van der Waals surface area contributed by atoms with Crippen LogP contribution in [0.5, 0.6) is 0 Å². The molecule has 130 valence electrons. The van der Waals surface area contributed by atoms with E-state index in [1.165, 1.54) is 19.3 Å². The van der Waals surface area contributed by atoms with Gasteiger partial charge in [0, 0.05) is 18.7 Å². The molecule has 0 spiro atoms. The Morgan fingerprint density at radius 2 is 2.00 bits per heavy atom. The Hall–Kier alpha value is -0.830. The number of benzene rings is 1. The van der Waals surface area contributed by atoms with Gasteiger partial charge in [-0.25, -0.2) is 5.01 Å². The number of carbonyl (C=O) groups excluding carboxylic acids is 1. The third-order valence-corrected chi connectivity index (χ3v) is 6.86. The Kier molecular flexibility index (Phi) is 4.73. The number of amides is 1. The summed E-state index contributed by atoms with van der Waals surface area (Å²) >= 11 is 6.94. The van der Waals surface area contributed by atoms with Crippen LogP contribution in [-0.4, -0.2) is 24.0 Å². The molecule has 4 unspecified atom stereocenters. The van der Waals surface area contributed by atoms with Crippen LogP contribution in [-0.2, 0) is 9.32 Å². The SMILES string of the molecule is NOOSc1cc(C(=O)NN2CC3C4CCC(C4)C3C2)ccc1Cl. The van der Waals surface area contributed by atoms with E-state index in [2.05, 4.69) is 19.8 Å². The first-order valence-corrected chi connectivity index (χ1v) is 9.33. The summed E-state index contributed by atoms with van der Waals surface area (Å²) < 4.78 is 4.62. The van der Waals surface area contributed by atoms with Crippen LogP contribution in [0.4, 0.5) is 0 Å². The highest BCUT2D eigenvalue weighted by Crippen LogP contribution is 2.54. The van der Waals surface area contributed by atoms with Gasteiger partial charge in [-0.1, -0.05) is 11.6 Å². The molecule has 3 fully saturated rings. The maximum absolute atomic E-state index is 12.5. The van der Waals surface area contributed by atoms with E-state index in [0.717, 1.165) is 48.8 Å². The molecule has 0 aromatic heterocycles. The second kappa shape index (κ2) is 6.82. The van der Waals surface area contributed by atoms with Gasteiger partial charge in [-0.05, 0) is 61.1 Å². The van der Waals surface area contributed by atoms with Gasteiger partial charge in [0.2, 0.25) is 0 Å². The number of nitrogens with two attached hydrogens (primary N) is 1. The van der Waals surface area contributed by atoms with E-state index in [9.17, 15) is 4.79 Å². The fourth-order valence-corrected chi connectivity index (χ4v) is 5.39. The van der Waals surface area contributed by atoms with Crippen LogP contribution in [0.1, 0.15) is 29.6 Å². The van der Waals surface area contributed by atoms with E-state index in [0.29, 0.717) is 15.5 Å². The zero-order valence-corrected chi connectivity index (χ0v) is 14.7. The molecule has 24 heavy (non-hydrogen) atoms. The lowest BCUT2D eigenvalue weighted by Crippen LogP contribution is -2.41.